The fraction of sp³-hybridized carbons (Fsp3) is 0.619. The maximum atomic E-state index is 12.5. The predicted octanol–water partition coefficient (Wildman–Crippen LogP) is 1.72. The van der Waals surface area contributed by atoms with Crippen molar-refractivity contribution >= 4 is 17.9 Å². The van der Waals surface area contributed by atoms with Crippen LogP contribution in [0.15, 0.2) is 12.1 Å². The number of carbonyl (C=O) groups is 2. The lowest BCUT2D eigenvalue weighted by Crippen LogP contribution is -2.73. The number of aromatic hydroxyl groups is 1. The van der Waals surface area contributed by atoms with Crippen molar-refractivity contribution in [1.82, 2.24) is 4.90 Å². The van der Waals surface area contributed by atoms with Gasteiger partial charge in [0.25, 0.3) is 0 Å². The van der Waals surface area contributed by atoms with Crippen LogP contribution in [-0.2, 0) is 21.4 Å². The Hall–Kier alpha value is -1.92. The number of nitrogens with zero attached hydrogens (tertiary/aromatic N) is 1. The molecule has 1 aliphatic heterocycles. The Morgan fingerprint density at radius 1 is 1.30 bits per heavy atom. The number of benzene rings is 1. The Morgan fingerprint density at radius 3 is 2.85 bits per heavy atom. The topological polar surface area (TPSA) is 89.9 Å². The molecular weight excluding hydrogens is 344 g/mol. The molecule has 2 bridgehead atoms. The zero-order chi connectivity index (χ0) is 18.8. The Labute approximate surface area is 158 Å². The van der Waals surface area contributed by atoms with Crippen molar-refractivity contribution in [2.24, 2.45) is 5.92 Å². The van der Waals surface area contributed by atoms with Crippen LogP contribution in [0.4, 0.5) is 5.69 Å². The Kier molecular flexibility index (Phi) is 3.69. The summed E-state index contributed by atoms with van der Waals surface area (Å²) < 4.78 is 0. The molecule has 2 saturated carbocycles. The lowest BCUT2D eigenvalue weighted by molar-refractivity contribution is -0.173. The molecule has 1 saturated heterocycles. The third-order valence-electron chi connectivity index (χ3n) is 7.49. The minimum Gasteiger partial charge on any atom is -0.505 e. The van der Waals surface area contributed by atoms with Gasteiger partial charge in [-0.05, 0) is 56.2 Å². The Balaban J connectivity index is 1.67. The van der Waals surface area contributed by atoms with E-state index in [1.165, 1.54) is 12.8 Å². The molecule has 6 heteroatoms. The van der Waals surface area contributed by atoms with Crippen LogP contribution < -0.4 is 5.32 Å². The van der Waals surface area contributed by atoms with Gasteiger partial charge in [-0.1, -0.05) is 6.07 Å². The average Bonchev–Trinajstić information content (AvgIpc) is 3.44. The summed E-state index contributed by atoms with van der Waals surface area (Å²) in [5, 5.41) is 25.5. The number of rotatable bonds is 4. The van der Waals surface area contributed by atoms with E-state index in [9.17, 15) is 19.8 Å². The van der Waals surface area contributed by atoms with E-state index < -0.39 is 11.0 Å². The van der Waals surface area contributed by atoms with Crippen molar-refractivity contribution in [2.75, 3.05) is 18.4 Å². The van der Waals surface area contributed by atoms with Gasteiger partial charge in [0.1, 0.15) is 11.5 Å². The molecule has 0 aromatic heterocycles. The number of amides is 1. The van der Waals surface area contributed by atoms with E-state index in [1.807, 2.05) is 6.07 Å². The van der Waals surface area contributed by atoms with Gasteiger partial charge in [0, 0.05) is 36.4 Å². The fourth-order valence-corrected chi connectivity index (χ4v) is 6.03. The molecule has 4 aliphatic rings. The summed E-state index contributed by atoms with van der Waals surface area (Å²) in [4.78, 5) is 25.8. The van der Waals surface area contributed by atoms with Crippen LogP contribution in [-0.4, -0.2) is 52.0 Å². The molecule has 0 spiro atoms. The van der Waals surface area contributed by atoms with Crippen molar-refractivity contribution < 1.29 is 19.8 Å². The van der Waals surface area contributed by atoms with Crippen LogP contribution in [0.3, 0.4) is 0 Å². The first-order valence-corrected chi connectivity index (χ1v) is 10.0. The normalized spacial score (nSPS) is 35.3. The molecule has 1 amide bonds. The molecule has 144 valence electrons. The van der Waals surface area contributed by atoms with Crippen LogP contribution >= 0.6 is 0 Å². The lowest BCUT2D eigenvalue weighted by atomic mass is 9.49. The van der Waals surface area contributed by atoms with Crippen molar-refractivity contribution in [3.63, 3.8) is 0 Å². The number of fused-ring (bicyclic) bond motifs is 1. The van der Waals surface area contributed by atoms with Crippen LogP contribution in [0.5, 0.6) is 5.75 Å². The highest BCUT2D eigenvalue weighted by Crippen LogP contribution is 2.60. The number of phenolic OH excluding ortho intramolecular Hbond substituents is 1. The van der Waals surface area contributed by atoms with E-state index in [1.54, 1.807) is 6.07 Å². The number of carbonyl (C=O) groups excluding carboxylic acids is 2. The standard InChI is InChI=1S/C21H26N2O4/c24-12-22-16-4-3-14-9-17-21(27)6-5-15(25)10-20(21,18(14)19(16)26)7-8-23(17)11-13-1-2-13/h3-4,12-13,17,26-27H,1-2,5-11H2,(H,22,24)/t17-,20-,21-/m1/s1. The monoisotopic (exact) mass is 370 g/mol. The van der Waals surface area contributed by atoms with Gasteiger partial charge >= 0.3 is 0 Å². The summed E-state index contributed by atoms with van der Waals surface area (Å²) >= 11 is 0. The zero-order valence-corrected chi connectivity index (χ0v) is 15.4. The smallest absolute Gasteiger partial charge is 0.211 e. The number of piperidine rings is 1. The lowest BCUT2D eigenvalue weighted by Gasteiger charge is -2.63. The first kappa shape index (κ1) is 17.2. The SMILES string of the molecule is O=CNc1ccc2c(c1O)[C@]13CCN(CC4CC4)[C@H](C2)[C@]1(O)CCC(=O)C3. The molecule has 3 fully saturated rings. The third kappa shape index (κ3) is 2.32. The van der Waals surface area contributed by atoms with Gasteiger partial charge < -0.3 is 15.5 Å². The van der Waals surface area contributed by atoms with Gasteiger partial charge in [-0.15, -0.1) is 0 Å². The number of hydrogen-bond acceptors (Lipinski definition) is 5. The summed E-state index contributed by atoms with van der Waals surface area (Å²) in [5.74, 6) is 0.900. The van der Waals surface area contributed by atoms with Crippen molar-refractivity contribution in [3.8, 4) is 5.75 Å². The first-order chi connectivity index (χ1) is 13.0. The van der Waals surface area contributed by atoms with E-state index in [0.717, 1.165) is 24.6 Å². The second kappa shape index (κ2) is 5.79. The maximum absolute atomic E-state index is 12.5. The molecule has 3 atom stereocenters. The molecule has 5 rings (SSSR count). The van der Waals surface area contributed by atoms with E-state index >= 15 is 0 Å². The number of likely N-dealkylation sites (tertiary alicyclic amines) is 1. The number of ketones is 1. The van der Waals surface area contributed by atoms with E-state index in [-0.39, 0.29) is 24.0 Å². The minimum atomic E-state index is -1.02. The van der Waals surface area contributed by atoms with Gasteiger partial charge in [0.05, 0.1) is 11.3 Å². The Morgan fingerprint density at radius 2 is 2.11 bits per heavy atom. The molecule has 1 aromatic rings. The number of anilines is 1. The van der Waals surface area contributed by atoms with Crippen LogP contribution in [0.2, 0.25) is 0 Å². The third-order valence-corrected chi connectivity index (χ3v) is 7.49. The molecule has 3 N–H and O–H groups in total. The number of aliphatic hydroxyl groups is 1. The summed E-state index contributed by atoms with van der Waals surface area (Å²) in [6, 6.07) is 3.64. The van der Waals surface area contributed by atoms with Crippen LogP contribution in [0.1, 0.15) is 49.7 Å². The minimum absolute atomic E-state index is 0.0156. The van der Waals surface area contributed by atoms with Gasteiger partial charge in [-0.25, -0.2) is 0 Å². The summed E-state index contributed by atoms with van der Waals surface area (Å²) in [7, 11) is 0. The quantitative estimate of drug-likeness (QED) is 0.555. The second-order valence-electron chi connectivity index (χ2n) is 8.89. The first-order valence-electron chi connectivity index (χ1n) is 10.0. The average molecular weight is 370 g/mol. The van der Waals surface area contributed by atoms with E-state index in [0.29, 0.717) is 43.3 Å². The molecule has 3 aliphatic carbocycles. The highest BCUT2D eigenvalue weighted by molar-refractivity contribution is 5.84. The molecule has 0 radical (unpaired) electrons. The van der Waals surface area contributed by atoms with Crippen molar-refractivity contribution in [3.05, 3.63) is 23.3 Å². The molecule has 27 heavy (non-hydrogen) atoms. The summed E-state index contributed by atoms with van der Waals surface area (Å²) in [6.45, 7) is 1.85. The molecule has 0 unspecified atom stereocenters. The highest BCUT2D eigenvalue weighted by atomic mass is 16.3. The molecule has 6 nitrogen and oxygen atoms in total. The van der Waals surface area contributed by atoms with Gasteiger partial charge in [0.15, 0.2) is 0 Å². The largest absolute Gasteiger partial charge is 0.505 e. The second-order valence-corrected chi connectivity index (χ2v) is 8.89. The van der Waals surface area contributed by atoms with Crippen molar-refractivity contribution in [1.29, 1.82) is 0 Å². The molecule has 1 heterocycles. The fourth-order valence-electron chi connectivity index (χ4n) is 6.03. The number of Topliss-reactive ketones (excluding diaryl/α,β-unsaturated/α-hetero) is 1. The van der Waals surface area contributed by atoms with E-state index in [2.05, 4.69) is 10.2 Å². The van der Waals surface area contributed by atoms with Crippen LogP contribution in [0, 0.1) is 5.92 Å². The molecular formula is C21H26N2O4. The number of phenols is 1. The van der Waals surface area contributed by atoms with Crippen molar-refractivity contribution in [2.45, 2.75) is 62.0 Å². The Bertz CT molecular complexity index is 821. The number of nitrogens with one attached hydrogen (secondary N) is 1. The van der Waals surface area contributed by atoms with Gasteiger partial charge in [-0.2, -0.15) is 0 Å². The molecule has 1 aromatic carbocycles. The van der Waals surface area contributed by atoms with E-state index in [4.69, 9.17) is 0 Å². The van der Waals surface area contributed by atoms with Gasteiger partial charge in [-0.3, -0.25) is 14.5 Å². The predicted molar refractivity (Wildman–Crippen MR) is 99.7 cm³/mol. The maximum Gasteiger partial charge on any atom is 0.211 e. The van der Waals surface area contributed by atoms with Crippen LogP contribution in [0.25, 0.3) is 0 Å². The highest BCUT2D eigenvalue weighted by Gasteiger charge is 2.65. The summed E-state index contributed by atoms with van der Waals surface area (Å²) in [6.07, 6.45) is 5.51. The zero-order valence-electron chi connectivity index (χ0n) is 15.4. The number of hydrogen-bond donors (Lipinski definition) is 3. The summed E-state index contributed by atoms with van der Waals surface area (Å²) in [5.41, 5.74) is 0.252. The van der Waals surface area contributed by atoms with Gasteiger partial charge in [0.2, 0.25) is 6.41 Å².